The summed E-state index contributed by atoms with van der Waals surface area (Å²) in [4.78, 5) is 8.52. The van der Waals surface area contributed by atoms with Crippen LogP contribution in [0, 0.1) is 0 Å². The van der Waals surface area contributed by atoms with Crippen molar-refractivity contribution in [2.45, 2.75) is 39.4 Å². The lowest BCUT2D eigenvalue weighted by atomic mass is 10.1. The molecule has 0 spiro atoms. The first-order valence-corrected chi connectivity index (χ1v) is 6.44. The second-order valence-electron chi connectivity index (χ2n) is 4.43. The predicted molar refractivity (Wildman–Crippen MR) is 72.0 cm³/mol. The second kappa shape index (κ2) is 6.31. The number of aryl methyl sites for hydroxylation is 1. The van der Waals surface area contributed by atoms with Crippen LogP contribution in [-0.4, -0.2) is 14.5 Å². The Labute approximate surface area is 108 Å². The Hall–Kier alpha value is -1.68. The highest BCUT2D eigenvalue weighted by Crippen LogP contribution is 2.10. The highest BCUT2D eigenvalue weighted by atomic mass is 15.1. The van der Waals surface area contributed by atoms with E-state index < -0.39 is 0 Å². The van der Waals surface area contributed by atoms with Gasteiger partial charge in [-0.05, 0) is 25.0 Å². The molecule has 0 saturated heterocycles. The zero-order valence-corrected chi connectivity index (χ0v) is 11.0. The van der Waals surface area contributed by atoms with Crippen LogP contribution in [0.1, 0.15) is 37.7 Å². The number of aromatic nitrogens is 3. The molecule has 2 aromatic heterocycles. The van der Waals surface area contributed by atoms with Gasteiger partial charge in [-0.2, -0.15) is 0 Å². The Morgan fingerprint density at radius 2 is 2.28 bits per heavy atom. The SMILES string of the molecule is CCCn1ccnc1CNC(C)c1cccnc1. The number of nitrogens with one attached hydrogen (secondary N) is 1. The first-order valence-electron chi connectivity index (χ1n) is 6.44. The van der Waals surface area contributed by atoms with Crippen LogP contribution in [0.4, 0.5) is 0 Å². The molecule has 0 amide bonds. The van der Waals surface area contributed by atoms with Crippen LogP contribution in [0.2, 0.25) is 0 Å². The maximum atomic E-state index is 4.39. The summed E-state index contributed by atoms with van der Waals surface area (Å²) in [6.45, 7) is 6.13. The van der Waals surface area contributed by atoms with Crippen LogP contribution in [-0.2, 0) is 13.1 Å². The van der Waals surface area contributed by atoms with E-state index in [1.165, 1.54) is 5.56 Å². The van der Waals surface area contributed by atoms with Crippen LogP contribution >= 0.6 is 0 Å². The average molecular weight is 244 g/mol. The predicted octanol–water partition coefficient (Wildman–Crippen LogP) is 2.54. The van der Waals surface area contributed by atoms with Crippen molar-refractivity contribution in [3.8, 4) is 0 Å². The molecule has 0 radical (unpaired) electrons. The van der Waals surface area contributed by atoms with E-state index in [1.807, 2.05) is 24.7 Å². The Bertz CT molecular complexity index is 464. The van der Waals surface area contributed by atoms with Crippen LogP contribution in [0.15, 0.2) is 36.9 Å². The second-order valence-corrected chi connectivity index (χ2v) is 4.43. The van der Waals surface area contributed by atoms with Crippen molar-refractivity contribution in [2.75, 3.05) is 0 Å². The Morgan fingerprint density at radius 1 is 1.39 bits per heavy atom. The third-order valence-corrected chi connectivity index (χ3v) is 3.02. The monoisotopic (exact) mass is 244 g/mol. The average Bonchev–Trinajstić information content (AvgIpc) is 2.85. The normalized spacial score (nSPS) is 12.6. The fraction of sp³-hybridized carbons (Fsp3) is 0.429. The molecule has 4 nitrogen and oxygen atoms in total. The van der Waals surface area contributed by atoms with E-state index in [-0.39, 0.29) is 6.04 Å². The third kappa shape index (κ3) is 3.17. The summed E-state index contributed by atoms with van der Waals surface area (Å²) in [7, 11) is 0. The molecular weight excluding hydrogens is 224 g/mol. The van der Waals surface area contributed by atoms with E-state index in [9.17, 15) is 0 Å². The molecular formula is C14H20N4. The van der Waals surface area contributed by atoms with E-state index in [0.717, 1.165) is 25.3 Å². The van der Waals surface area contributed by atoms with E-state index >= 15 is 0 Å². The molecule has 0 aliphatic heterocycles. The maximum absolute atomic E-state index is 4.39. The van der Waals surface area contributed by atoms with E-state index in [0.29, 0.717) is 0 Å². The smallest absolute Gasteiger partial charge is 0.122 e. The molecule has 0 saturated carbocycles. The highest BCUT2D eigenvalue weighted by Gasteiger charge is 2.07. The Kier molecular flexibility index (Phi) is 4.47. The van der Waals surface area contributed by atoms with Gasteiger partial charge in [0, 0.05) is 37.4 Å². The first-order chi connectivity index (χ1) is 8.81. The van der Waals surface area contributed by atoms with Crippen molar-refractivity contribution in [3.05, 3.63) is 48.3 Å². The van der Waals surface area contributed by atoms with Crippen LogP contribution in [0.25, 0.3) is 0 Å². The summed E-state index contributed by atoms with van der Waals surface area (Å²) in [6, 6.07) is 4.33. The van der Waals surface area contributed by atoms with Gasteiger partial charge in [-0.25, -0.2) is 4.98 Å². The van der Waals surface area contributed by atoms with Gasteiger partial charge in [0.15, 0.2) is 0 Å². The molecule has 96 valence electrons. The third-order valence-electron chi connectivity index (χ3n) is 3.02. The zero-order valence-electron chi connectivity index (χ0n) is 11.0. The molecule has 2 heterocycles. The molecule has 1 atom stereocenters. The topological polar surface area (TPSA) is 42.7 Å². The van der Waals surface area contributed by atoms with Gasteiger partial charge in [0.25, 0.3) is 0 Å². The number of hydrogen-bond donors (Lipinski definition) is 1. The largest absolute Gasteiger partial charge is 0.334 e. The molecule has 0 aromatic carbocycles. The van der Waals surface area contributed by atoms with Gasteiger partial charge in [0.05, 0.1) is 6.54 Å². The molecule has 0 bridgehead atoms. The van der Waals surface area contributed by atoms with E-state index in [2.05, 4.69) is 39.8 Å². The van der Waals surface area contributed by atoms with Crippen molar-refractivity contribution < 1.29 is 0 Å². The minimum atomic E-state index is 0.283. The number of rotatable bonds is 6. The van der Waals surface area contributed by atoms with Crippen LogP contribution in [0.5, 0.6) is 0 Å². The van der Waals surface area contributed by atoms with Crippen LogP contribution < -0.4 is 5.32 Å². The van der Waals surface area contributed by atoms with Crippen molar-refractivity contribution in [1.82, 2.24) is 19.9 Å². The number of hydrogen-bond acceptors (Lipinski definition) is 3. The van der Waals surface area contributed by atoms with E-state index in [1.54, 1.807) is 6.20 Å². The van der Waals surface area contributed by atoms with Crippen LogP contribution in [0.3, 0.4) is 0 Å². The van der Waals surface area contributed by atoms with Gasteiger partial charge in [0.1, 0.15) is 5.82 Å². The van der Waals surface area contributed by atoms with Gasteiger partial charge in [-0.15, -0.1) is 0 Å². The summed E-state index contributed by atoms with van der Waals surface area (Å²) >= 11 is 0. The molecule has 0 aliphatic carbocycles. The van der Waals surface area contributed by atoms with Gasteiger partial charge >= 0.3 is 0 Å². The molecule has 18 heavy (non-hydrogen) atoms. The lowest BCUT2D eigenvalue weighted by Crippen LogP contribution is -2.20. The first kappa shape index (κ1) is 12.8. The summed E-state index contributed by atoms with van der Waals surface area (Å²) < 4.78 is 2.20. The molecule has 0 aliphatic rings. The minimum absolute atomic E-state index is 0.283. The standard InChI is InChI=1S/C14H20N4/c1-3-8-18-9-7-16-14(18)11-17-12(2)13-5-4-6-15-10-13/h4-7,9-10,12,17H,3,8,11H2,1-2H3. The maximum Gasteiger partial charge on any atom is 0.122 e. The lowest BCUT2D eigenvalue weighted by molar-refractivity contribution is 0.531. The molecule has 2 aromatic rings. The molecule has 1 N–H and O–H groups in total. The summed E-state index contributed by atoms with van der Waals surface area (Å²) in [5.41, 5.74) is 1.20. The van der Waals surface area contributed by atoms with Crippen molar-refractivity contribution in [1.29, 1.82) is 0 Å². The van der Waals surface area contributed by atoms with Gasteiger partial charge in [-0.3, -0.25) is 4.98 Å². The van der Waals surface area contributed by atoms with E-state index in [4.69, 9.17) is 0 Å². The Balaban J connectivity index is 1.93. The number of imidazole rings is 1. The zero-order chi connectivity index (χ0) is 12.8. The number of pyridine rings is 1. The van der Waals surface area contributed by atoms with Crippen molar-refractivity contribution in [2.24, 2.45) is 0 Å². The van der Waals surface area contributed by atoms with Crippen molar-refractivity contribution in [3.63, 3.8) is 0 Å². The minimum Gasteiger partial charge on any atom is -0.334 e. The summed E-state index contributed by atoms with van der Waals surface area (Å²) in [6.07, 6.45) is 8.72. The summed E-state index contributed by atoms with van der Waals surface area (Å²) in [5.74, 6) is 1.09. The van der Waals surface area contributed by atoms with Gasteiger partial charge in [0.2, 0.25) is 0 Å². The van der Waals surface area contributed by atoms with Gasteiger partial charge < -0.3 is 9.88 Å². The number of nitrogens with zero attached hydrogens (tertiary/aromatic N) is 3. The highest BCUT2D eigenvalue weighted by molar-refractivity contribution is 5.12. The van der Waals surface area contributed by atoms with Crippen molar-refractivity contribution >= 4 is 0 Å². The molecule has 4 heteroatoms. The molecule has 0 fully saturated rings. The molecule has 2 rings (SSSR count). The van der Waals surface area contributed by atoms with Gasteiger partial charge in [-0.1, -0.05) is 13.0 Å². The quantitative estimate of drug-likeness (QED) is 0.849. The fourth-order valence-corrected chi connectivity index (χ4v) is 1.95. The Morgan fingerprint density at radius 3 is 3.00 bits per heavy atom. The summed E-state index contributed by atoms with van der Waals surface area (Å²) in [5, 5.41) is 3.48. The lowest BCUT2D eigenvalue weighted by Gasteiger charge is -2.14. The molecule has 1 unspecified atom stereocenters. The fourth-order valence-electron chi connectivity index (χ4n) is 1.95.